The van der Waals surface area contributed by atoms with Crippen molar-refractivity contribution in [3.8, 4) is 0 Å². The van der Waals surface area contributed by atoms with Crippen molar-refractivity contribution in [1.82, 2.24) is 14.5 Å². The number of nitrogens with one attached hydrogen (secondary N) is 1. The molecule has 2 aromatic rings. The van der Waals surface area contributed by atoms with Crippen molar-refractivity contribution in [3.63, 3.8) is 0 Å². The van der Waals surface area contributed by atoms with Crippen LogP contribution in [0.25, 0.3) is 0 Å². The Morgan fingerprint density at radius 2 is 2.41 bits per heavy atom. The average molecular weight is 248 g/mol. The van der Waals surface area contributed by atoms with E-state index in [2.05, 4.69) is 33.4 Å². The maximum absolute atomic E-state index is 4.39. The van der Waals surface area contributed by atoms with Crippen molar-refractivity contribution in [1.29, 1.82) is 0 Å². The largest absolute Gasteiger partial charge is 0.352 e. The summed E-state index contributed by atoms with van der Waals surface area (Å²) in [7, 11) is 0. The summed E-state index contributed by atoms with van der Waals surface area (Å²) in [4.78, 5) is 8.70. The Morgan fingerprint density at radius 3 is 3.06 bits per heavy atom. The van der Waals surface area contributed by atoms with Gasteiger partial charge in [0.15, 0.2) is 0 Å². The molecule has 1 atom stereocenters. The molecule has 2 rings (SSSR count). The van der Waals surface area contributed by atoms with Gasteiger partial charge >= 0.3 is 0 Å². The van der Waals surface area contributed by atoms with Gasteiger partial charge in [-0.2, -0.15) is 0 Å². The van der Waals surface area contributed by atoms with Crippen LogP contribution in [0.15, 0.2) is 36.6 Å². The number of rotatable bonds is 6. The van der Waals surface area contributed by atoms with Gasteiger partial charge in [0.25, 0.3) is 0 Å². The fourth-order valence-corrected chi connectivity index (χ4v) is 2.57. The summed E-state index contributed by atoms with van der Waals surface area (Å²) in [6.07, 6.45) is 8.45. The number of hydrogen-bond donors (Lipinski definition) is 1. The molecule has 0 aliphatic heterocycles. The fourth-order valence-electron chi connectivity index (χ4n) is 1.75. The monoisotopic (exact) mass is 248 g/mol. The molecule has 0 aliphatic carbocycles. The number of hydrogen-bond acceptors (Lipinski definition) is 4. The lowest BCUT2D eigenvalue weighted by Gasteiger charge is -2.17. The molecule has 0 spiro atoms. The van der Waals surface area contributed by atoms with Gasteiger partial charge in [-0.05, 0) is 6.42 Å². The molecule has 0 amide bonds. The summed E-state index contributed by atoms with van der Waals surface area (Å²) < 4.78 is 2.13. The molecule has 17 heavy (non-hydrogen) atoms. The summed E-state index contributed by atoms with van der Waals surface area (Å²) in [5, 5.41) is 6.35. The van der Waals surface area contributed by atoms with Crippen LogP contribution in [-0.4, -0.2) is 21.1 Å². The highest BCUT2D eigenvalue weighted by atomic mass is 32.1. The molecule has 0 radical (unpaired) electrons. The van der Waals surface area contributed by atoms with Gasteiger partial charge in [0, 0.05) is 30.5 Å². The Morgan fingerprint density at radius 1 is 1.53 bits per heavy atom. The summed E-state index contributed by atoms with van der Waals surface area (Å²) in [5.41, 5.74) is 0. The van der Waals surface area contributed by atoms with Gasteiger partial charge in [0.1, 0.15) is 5.01 Å². The van der Waals surface area contributed by atoms with Crippen molar-refractivity contribution in [2.45, 2.75) is 19.4 Å². The van der Waals surface area contributed by atoms with Crippen molar-refractivity contribution in [2.75, 3.05) is 11.9 Å². The van der Waals surface area contributed by atoms with Gasteiger partial charge < -0.3 is 9.88 Å². The first-order valence-electron chi connectivity index (χ1n) is 5.63. The van der Waals surface area contributed by atoms with Gasteiger partial charge in [-0.15, -0.1) is 17.9 Å². The molecule has 4 nitrogen and oxygen atoms in total. The van der Waals surface area contributed by atoms with Crippen LogP contribution in [0, 0.1) is 0 Å². The summed E-state index contributed by atoms with van der Waals surface area (Å²) in [6, 6.07) is 0.254. The normalized spacial score (nSPS) is 12.3. The Balaban J connectivity index is 2.25. The van der Waals surface area contributed by atoms with Crippen LogP contribution in [0.5, 0.6) is 0 Å². The highest BCUT2D eigenvalue weighted by Crippen LogP contribution is 2.26. The molecule has 90 valence electrons. The smallest absolute Gasteiger partial charge is 0.203 e. The molecule has 1 N–H and O–H groups in total. The lowest BCUT2D eigenvalue weighted by atomic mass is 10.2. The van der Waals surface area contributed by atoms with Crippen LogP contribution in [0.4, 0.5) is 5.95 Å². The minimum absolute atomic E-state index is 0.254. The summed E-state index contributed by atoms with van der Waals surface area (Å²) in [6.45, 7) is 6.56. The van der Waals surface area contributed by atoms with E-state index < -0.39 is 0 Å². The van der Waals surface area contributed by atoms with E-state index in [0.29, 0.717) is 6.54 Å². The van der Waals surface area contributed by atoms with Crippen LogP contribution in [-0.2, 0) is 0 Å². The predicted octanol–water partition coefficient (Wildman–Crippen LogP) is 2.94. The molecule has 0 saturated heterocycles. The Labute approximate surface area is 105 Å². The van der Waals surface area contributed by atoms with E-state index in [1.54, 1.807) is 11.3 Å². The molecule has 0 bridgehead atoms. The van der Waals surface area contributed by atoms with Crippen LogP contribution in [0.1, 0.15) is 24.4 Å². The van der Waals surface area contributed by atoms with E-state index in [0.717, 1.165) is 17.4 Å². The number of anilines is 1. The van der Waals surface area contributed by atoms with E-state index >= 15 is 0 Å². The highest BCUT2D eigenvalue weighted by molar-refractivity contribution is 7.09. The van der Waals surface area contributed by atoms with Crippen molar-refractivity contribution in [3.05, 3.63) is 41.6 Å². The molecule has 0 fully saturated rings. The molecule has 1 unspecified atom stereocenters. The Bertz CT molecular complexity index is 461. The first-order chi connectivity index (χ1) is 8.36. The molecule has 5 heteroatoms. The van der Waals surface area contributed by atoms with E-state index in [1.165, 1.54) is 0 Å². The van der Waals surface area contributed by atoms with Gasteiger partial charge in [-0.3, -0.25) is 0 Å². The van der Waals surface area contributed by atoms with Crippen molar-refractivity contribution >= 4 is 17.3 Å². The molecule has 0 saturated carbocycles. The van der Waals surface area contributed by atoms with Gasteiger partial charge in [0.2, 0.25) is 5.95 Å². The van der Waals surface area contributed by atoms with E-state index in [-0.39, 0.29) is 6.04 Å². The quantitative estimate of drug-likeness (QED) is 0.799. The highest BCUT2D eigenvalue weighted by Gasteiger charge is 2.16. The van der Waals surface area contributed by atoms with E-state index in [9.17, 15) is 0 Å². The third kappa shape index (κ3) is 2.55. The molecular formula is C12H16N4S. The lowest BCUT2D eigenvalue weighted by molar-refractivity contribution is 0.568. The Kier molecular flexibility index (Phi) is 3.93. The molecule has 2 aromatic heterocycles. The topological polar surface area (TPSA) is 42.7 Å². The lowest BCUT2D eigenvalue weighted by Crippen LogP contribution is -2.13. The van der Waals surface area contributed by atoms with Crippen molar-refractivity contribution in [2.24, 2.45) is 0 Å². The van der Waals surface area contributed by atoms with Gasteiger partial charge in [-0.1, -0.05) is 13.0 Å². The van der Waals surface area contributed by atoms with E-state index in [4.69, 9.17) is 0 Å². The third-order valence-electron chi connectivity index (χ3n) is 2.53. The van der Waals surface area contributed by atoms with Gasteiger partial charge in [0.05, 0.1) is 6.04 Å². The third-order valence-corrected chi connectivity index (χ3v) is 3.41. The molecule has 0 aliphatic rings. The van der Waals surface area contributed by atoms with Crippen LogP contribution >= 0.6 is 11.3 Å². The first-order valence-corrected chi connectivity index (χ1v) is 6.51. The SMILES string of the molecule is C=CCNc1nccn1C(CC)c1nccs1. The maximum atomic E-state index is 4.39. The number of thiazole rings is 1. The Hall–Kier alpha value is -1.62. The maximum Gasteiger partial charge on any atom is 0.203 e. The average Bonchev–Trinajstić information content (AvgIpc) is 2.99. The molecular weight excluding hydrogens is 232 g/mol. The minimum atomic E-state index is 0.254. The zero-order valence-electron chi connectivity index (χ0n) is 9.84. The number of nitrogens with zero attached hydrogens (tertiary/aromatic N) is 3. The van der Waals surface area contributed by atoms with E-state index in [1.807, 2.05) is 30.0 Å². The second-order valence-corrected chi connectivity index (χ2v) is 4.55. The predicted molar refractivity (Wildman–Crippen MR) is 71.5 cm³/mol. The number of aromatic nitrogens is 3. The standard InChI is InChI=1S/C12H16N4S/c1-3-5-14-12-15-6-8-16(12)10(4-2)11-13-7-9-17-11/h3,6-10H,1,4-5H2,2H3,(H,14,15). The summed E-state index contributed by atoms with van der Waals surface area (Å²) in [5.74, 6) is 0.868. The van der Waals surface area contributed by atoms with Crippen LogP contribution < -0.4 is 5.32 Å². The van der Waals surface area contributed by atoms with Crippen molar-refractivity contribution < 1.29 is 0 Å². The zero-order chi connectivity index (χ0) is 12.1. The zero-order valence-corrected chi connectivity index (χ0v) is 10.7. The van der Waals surface area contributed by atoms with Crippen LogP contribution in [0.2, 0.25) is 0 Å². The fraction of sp³-hybridized carbons (Fsp3) is 0.333. The molecule has 0 aromatic carbocycles. The minimum Gasteiger partial charge on any atom is -0.352 e. The van der Waals surface area contributed by atoms with Gasteiger partial charge in [-0.25, -0.2) is 9.97 Å². The van der Waals surface area contributed by atoms with Crippen LogP contribution in [0.3, 0.4) is 0 Å². The number of imidazole rings is 1. The second-order valence-electron chi connectivity index (χ2n) is 3.62. The first kappa shape index (κ1) is 11.9. The summed E-state index contributed by atoms with van der Waals surface area (Å²) >= 11 is 1.68. The molecule has 2 heterocycles. The second kappa shape index (κ2) is 5.63.